The zero-order chi connectivity index (χ0) is 19.2. The van der Waals surface area contributed by atoms with Crippen molar-refractivity contribution in [1.29, 1.82) is 0 Å². The molecule has 1 fully saturated rings. The monoisotopic (exact) mass is 368 g/mol. The van der Waals surface area contributed by atoms with Crippen LogP contribution in [0.4, 0.5) is 5.69 Å². The van der Waals surface area contributed by atoms with E-state index in [-0.39, 0.29) is 18.6 Å². The number of amides is 1. The number of likely N-dealkylation sites (tertiary alicyclic amines) is 1. The Morgan fingerprint density at radius 1 is 1.15 bits per heavy atom. The number of rotatable bonds is 7. The molecule has 1 heterocycles. The first-order chi connectivity index (χ1) is 13.0. The molecule has 0 bridgehead atoms. The third-order valence-electron chi connectivity index (χ3n) is 4.79. The molecular formula is C21H24N2O4. The van der Waals surface area contributed by atoms with Crippen LogP contribution in [-0.4, -0.2) is 48.1 Å². The van der Waals surface area contributed by atoms with Gasteiger partial charge in [-0.15, -0.1) is 0 Å². The zero-order valence-corrected chi connectivity index (χ0v) is 15.4. The van der Waals surface area contributed by atoms with Crippen LogP contribution in [0.25, 0.3) is 0 Å². The van der Waals surface area contributed by atoms with E-state index in [0.29, 0.717) is 5.75 Å². The van der Waals surface area contributed by atoms with Gasteiger partial charge in [-0.3, -0.25) is 9.69 Å². The van der Waals surface area contributed by atoms with E-state index in [4.69, 9.17) is 9.84 Å². The van der Waals surface area contributed by atoms with Gasteiger partial charge in [-0.2, -0.15) is 0 Å². The summed E-state index contributed by atoms with van der Waals surface area (Å²) in [4.78, 5) is 27.5. The van der Waals surface area contributed by atoms with Crippen molar-refractivity contribution in [1.82, 2.24) is 4.90 Å². The molecule has 1 atom stereocenters. The normalized spacial score (nSPS) is 16.9. The molecule has 0 radical (unpaired) electrons. The molecule has 0 spiro atoms. The Hall–Kier alpha value is -2.86. The van der Waals surface area contributed by atoms with Gasteiger partial charge in [0.1, 0.15) is 5.75 Å². The van der Waals surface area contributed by atoms with Gasteiger partial charge < -0.3 is 14.7 Å². The number of nitrogens with zero attached hydrogens (tertiary/aromatic N) is 2. The third kappa shape index (κ3) is 4.86. The van der Waals surface area contributed by atoms with Crippen molar-refractivity contribution in [3.63, 3.8) is 0 Å². The van der Waals surface area contributed by atoms with Crippen molar-refractivity contribution in [2.24, 2.45) is 0 Å². The average Bonchev–Trinajstić information content (AvgIpc) is 3.14. The summed E-state index contributed by atoms with van der Waals surface area (Å²) < 4.78 is 5.13. The van der Waals surface area contributed by atoms with Crippen LogP contribution >= 0.6 is 0 Å². The second kappa shape index (κ2) is 8.68. The smallest absolute Gasteiger partial charge is 0.341 e. The topological polar surface area (TPSA) is 70.1 Å². The molecule has 6 nitrogen and oxygen atoms in total. The first-order valence-corrected chi connectivity index (χ1v) is 9.05. The minimum atomic E-state index is -1.02. The van der Waals surface area contributed by atoms with Gasteiger partial charge in [0.05, 0.1) is 6.04 Å². The van der Waals surface area contributed by atoms with E-state index < -0.39 is 5.97 Å². The molecule has 0 aliphatic carbocycles. The molecular weight excluding hydrogens is 344 g/mol. The lowest BCUT2D eigenvalue weighted by atomic mass is 10.1. The van der Waals surface area contributed by atoms with Crippen LogP contribution in [0.15, 0.2) is 54.6 Å². The lowest BCUT2D eigenvalue weighted by Gasteiger charge is -2.28. The quantitative estimate of drug-likeness (QED) is 0.814. The Morgan fingerprint density at radius 3 is 2.52 bits per heavy atom. The minimum absolute atomic E-state index is 0.0719. The van der Waals surface area contributed by atoms with Crippen molar-refractivity contribution >= 4 is 17.6 Å². The van der Waals surface area contributed by atoms with Gasteiger partial charge in [-0.1, -0.05) is 30.3 Å². The second-order valence-electron chi connectivity index (χ2n) is 6.69. The SMILES string of the molecule is CN(C(=O)C1CCCN1Cc1ccccc1)c1ccc(OCC(=O)O)cc1. The van der Waals surface area contributed by atoms with E-state index in [1.54, 1.807) is 36.2 Å². The molecule has 1 amide bonds. The lowest BCUT2D eigenvalue weighted by molar-refractivity contribution is -0.139. The van der Waals surface area contributed by atoms with Crippen LogP contribution in [0.1, 0.15) is 18.4 Å². The molecule has 2 aromatic rings. The van der Waals surface area contributed by atoms with Gasteiger partial charge in [-0.25, -0.2) is 4.79 Å². The van der Waals surface area contributed by atoms with Gasteiger partial charge in [0.2, 0.25) is 5.91 Å². The Kier molecular flexibility index (Phi) is 6.08. The molecule has 6 heteroatoms. The summed E-state index contributed by atoms with van der Waals surface area (Å²) in [5.74, 6) is -0.484. The largest absolute Gasteiger partial charge is 0.482 e. The van der Waals surface area contributed by atoms with E-state index in [0.717, 1.165) is 31.6 Å². The highest BCUT2D eigenvalue weighted by atomic mass is 16.5. The van der Waals surface area contributed by atoms with Crippen molar-refractivity contribution in [2.75, 3.05) is 25.1 Å². The molecule has 0 saturated carbocycles. The van der Waals surface area contributed by atoms with E-state index >= 15 is 0 Å². The van der Waals surface area contributed by atoms with Crippen molar-refractivity contribution in [3.8, 4) is 5.75 Å². The summed E-state index contributed by atoms with van der Waals surface area (Å²) >= 11 is 0. The fraction of sp³-hybridized carbons (Fsp3) is 0.333. The fourth-order valence-corrected chi connectivity index (χ4v) is 3.37. The van der Waals surface area contributed by atoms with Gasteiger partial charge >= 0.3 is 5.97 Å². The van der Waals surface area contributed by atoms with Crippen molar-refractivity contribution < 1.29 is 19.4 Å². The average molecular weight is 368 g/mol. The van der Waals surface area contributed by atoms with Crippen molar-refractivity contribution in [2.45, 2.75) is 25.4 Å². The molecule has 3 rings (SSSR count). The van der Waals surface area contributed by atoms with E-state index in [1.165, 1.54) is 5.56 Å². The number of carbonyl (C=O) groups is 2. The number of hydrogen-bond donors (Lipinski definition) is 1. The lowest BCUT2D eigenvalue weighted by Crippen LogP contribution is -2.43. The summed E-state index contributed by atoms with van der Waals surface area (Å²) in [6.07, 6.45) is 1.87. The summed E-state index contributed by atoms with van der Waals surface area (Å²) in [7, 11) is 1.77. The number of aliphatic carboxylic acids is 1. The van der Waals surface area contributed by atoms with Gasteiger partial charge in [0.15, 0.2) is 6.61 Å². The predicted octanol–water partition coefficient (Wildman–Crippen LogP) is 2.78. The number of benzene rings is 2. The van der Waals surface area contributed by atoms with Crippen LogP contribution in [-0.2, 0) is 16.1 Å². The Labute approximate surface area is 159 Å². The second-order valence-corrected chi connectivity index (χ2v) is 6.69. The van der Waals surface area contributed by atoms with Gasteiger partial charge in [-0.05, 0) is 49.2 Å². The molecule has 1 aliphatic heterocycles. The van der Waals surface area contributed by atoms with Crippen LogP contribution in [0.2, 0.25) is 0 Å². The highest BCUT2D eigenvalue weighted by molar-refractivity contribution is 5.96. The first-order valence-electron chi connectivity index (χ1n) is 9.05. The van der Waals surface area contributed by atoms with Crippen LogP contribution in [0.5, 0.6) is 5.75 Å². The number of anilines is 1. The number of carbonyl (C=O) groups excluding carboxylic acids is 1. The molecule has 1 unspecified atom stereocenters. The highest BCUT2D eigenvalue weighted by Gasteiger charge is 2.32. The van der Waals surface area contributed by atoms with Gasteiger partial charge in [0.25, 0.3) is 0 Å². The maximum atomic E-state index is 13.0. The standard InChI is InChI=1S/C21H24N2O4/c1-22(17-9-11-18(12-10-17)27-15-20(24)25)21(26)19-8-5-13-23(19)14-16-6-3-2-4-7-16/h2-4,6-7,9-12,19H,5,8,13-15H2,1H3,(H,24,25). The predicted molar refractivity (Wildman–Crippen MR) is 103 cm³/mol. The third-order valence-corrected chi connectivity index (χ3v) is 4.79. The van der Waals surface area contributed by atoms with E-state index in [2.05, 4.69) is 17.0 Å². The molecule has 0 aromatic heterocycles. The van der Waals surface area contributed by atoms with Crippen molar-refractivity contribution in [3.05, 3.63) is 60.2 Å². The van der Waals surface area contributed by atoms with Gasteiger partial charge in [0, 0.05) is 19.3 Å². The number of carboxylic acids is 1. The Balaban J connectivity index is 1.64. The molecule has 1 aliphatic rings. The van der Waals surface area contributed by atoms with E-state index in [9.17, 15) is 9.59 Å². The molecule has 142 valence electrons. The molecule has 1 N–H and O–H groups in total. The number of carboxylic acid groups (broad SMARTS) is 1. The number of likely N-dealkylation sites (N-methyl/N-ethyl adjacent to an activating group) is 1. The maximum absolute atomic E-state index is 13.0. The van der Waals surface area contributed by atoms with Crippen LogP contribution < -0.4 is 9.64 Å². The number of ether oxygens (including phenoxy) is 1. The fourth-order valence-electron chi connectivity index (χ4n) is 3.37. The maximum Gasteiger partial charge on any atom is 0.341 e. The highest BCUT2D eigenvalue weighted by Crippen LogP contribution is 2.25. The minimum Gasteiger partial charge on any atom is -0.482 e. The molecule has 1 saturated heterocycles. The summed E-state index contributed by atoms with van der Waals surface area (Å²) in [6, 6.07) is 17.0. The van der Waals surface area contributed by atoms with E-state index in [1.807, 2.05) is 18.2 Å². The summed E-state index contributed by atoms with van der Waals surface area (Å²) in [5, 5.41) is 8.66. The first kappa shape index (κ1) is 18.9. The summed E-state index contributed by atoms with van der Waals surface area (Å²) in [6.45, 7) is 1.30. The Bertz CT molecular complexity index is 777. The molecule has 2 aromatic carbocycles. The molecule has 27 heavy (non-hydrogen) atoms. The number of hydrogen-bond acceptors (Lipinski definition) is 4. The summed E-state index contributed by atoms with van der Waals surface area (Å²) in [5.41, 5.74) is 1.97. The Morgan fingerprint density at radius 2 is 1.85 bits per heavy atom. The van der Waals surface area contributed by atoms with Crippen LogP contribution in [0, 0.1) is 0 Å². The van der Waals surface area contributed by atoms with Crippen LogP contribution in [0.3, 0.4) is 0 Å². The zero-order valence-electron chi connectivity index (χ0n) is 15.4.